The van der Waals surface area contributed by atoms with E-state index in [0.29, 0.717) is 23.0 Å². The summed E-state index contributed by atoms with van der Waals surface area (Å²) in [6.45, 7) is 4.04. The fraction of sp³-hybridized carbons (Fsp3) is 0.238. The minimum Gasteiger partial charge on any atom is -0.496 e. The zero-order chi connectivity index (χ0) is 19.1. The van der Waals surface area contributed by atoms with Gasteiger partial charge in [0.05, 0.1) is 12.7 Å². The van der Waals surface area contributed by atoms with Crippen molar-refractivity contribution in [2.75, 3.05) is 13.7 Å². The van der Waals surface area contributed by atoms with Gasteiger partial charge in [0.1, 0.15) is 11.5 Å². The minimum atomic E-state index is -0.574. The van der Waals surface area contributed by atoms with E-state index in [4.69, 9.17) is 15.2 Å². The molecule has 2 aromatic carbocycles. The maximum absolute atomic E-state index is 12.5. The van der Waals surface area contributed by atoms with Crippen LogP contribution in [0.25, 0.3) is 6.08 Å². The standard InChI is InChI=1S/C21H23NO4/c1-14(2)16-7-4-15(5-8-16)6-11-19(23)18-10-9-17(12-20(18)25-3)26-13-21(22)24/h4-12,14H,13H2,1-3H3,(H2,22,24)/b11-6+. The van der Waals surface area contributed by atoms with Crippen molar-refractivity contribution < 1.29 is 19.1 Å². The Morgan fingerprint density at radius 1 is 1.12 bits per heavy atom. The summed E-state index contributed by atoms with van der Waals surface area (Å²) < 4.78 is 10.5. The van der Waals surface area contributed by atoms with Crippen LogP contribution in [-0.4, -0.2) is 25.4 Å². The molecule has 0 aliphatic carbocycles. The molecular formula is C21H23NO4. The molecule has 2 rings (SSSR count). The Morgan fingerprint density at radius 3 is 2.38 bits per heavy atom. The van der Waals surface area contributed by atoms with Crippen molar-refractivity contribution >= 4 is 17.8 Å². The van der Waals surface area contributed by atoms with E-state index in [1.807, 2.05) is 12.1 Å². The predicted molar refractivity (Wildman–Crippen MR) is 102 cm³/mol. The monoisotopic (exact) mass is 353 g/mol. The molecule has 0 unspecified atom stereocenters. The second kappa shape index (κ2) is 8.85. The van der Waals surface area contributed by atoms with E-state index in [9.17, 15) is 9.59 Å². The Bertz CT molecular complexity index is 807. The zero-order valence-electron chi connectivity index (χ0n) is 15.2. The van der Waals surface area contributed by atoms with Crippen LogP contribution in [0, 0.1) is 0 Å². The Hall–Kier alpha value is -3.08. The molecule has 0 radical (unpaired) electrons. The highest BCUT2D eigenvalue weighted by molar-refractivity contribution is 6.08. The fourth-order valence-corrected chi connectivity index (χ4v) is 2.37. The van der Waals surface area contributed by atoms with Crippen molar-refractivity contribution in [3.8, 4) is 11.5 Å². The van der Waals surface area contributed by atoms with Gasteiger partial charge >= 0.3 is 0 Å². The number of primary amides is 1. The Labute approximate surface area is 153 Å². The van der Waals surface area contributed by atoms with E-state index in [1.165, 1.54) is 18.7 Å². The predicted octanol–water partition coefficient (Wildman–Crippen LogP) is 3.58. The Kier molecular flexibility index (Phi) is 6.55. The third-order valence-electron chi connectivity index (χ3n) is 3.85. The number of nitrogens with two attached hydrogens (primary N) is 1. The molecule has 0 fully saturated rings. The van der Waals surface area contributed by atoms with Gasteiger partial charge in [-0.05, 0) is 35.3 Å². The van der Waals surface area contributed by atoms with Crippen LogP contribution in [0.5, 0.6) is 11.5 Å². The average molecular weight is 353 g/mol. The van der Waals surface area contributed by atoms with Crippen molar-refractivity contribution in [3.63, 3.8) is 0 Å². The lowest BCUT2D eigenvalue weighted by Crippen LogP contribution is -2.20. The molecule has 5 heteroatoms. The van der Waals surface area contributed by atoms with E-state index >= 15 is 0 Å². The number of benzene rings is 2. The molecule has 2 aromatic rings. The number of methoxy groups -OCH3 is 1. The first-order valence-electron chi connectivity index (χ1n) is 8.32. The molecular weight excluding hydrogens is 330 g/mol. The summed E-state index contributed by atoms with van der Waals surface area (Å²) in [5.41, 5.74) is 7.66. The molecule has 0 aromatic heterocycles. The Morgan fingerprint density at radius 2 is 1.81 bits per heavy atom. The summed E-state index contributed by atoms with van der Waals surface area (Å²) in [5, 5.41) is 0. The van der Waals surface area contributed by atoms with Crippen LogP contribution >= 0.6 is 0 Å². The van der Waals surface area contributed by atoms with Crippen molar-refractivity contribution in [3.05, 3.63) is 65.2 Å². The number of ether oxygens (including phenoxy) is 2. The van der Waals surface area contributed by atoms with Gasteiger partial charge in [0.25, 0.3) is 5.91 Å². The number of hydrogen-bond donors (Lipinski definition) is 1. The molecule has 0 spiro atoms. The highest BCUT2D eigenvalue weighted by Gasteiger charge is 2.11. The molecule has 136 valence electrons. The van der Waals surface area contributed by atoms with Gasteiger partial charge in [-0.15, -0.1) is 0 Å². The lowest BCUT2D eigenvalue weighted by Gasteiger charge is -2.09. The molecule has 2 N–H and O–H groups in total. The van der Waals surface area contributed by atoms with Crippen LogP contribution < -0.4 is 15.2 Å². The first kappa shape index (κ1) is 19.2. The first-order valence-corrected chi connectivity index (χ1v) is 8.32. The number of carbonyl (C=O) groups is 2. The van der Waals surface area contributed by atoms with Crippen LogP contribution in [0.4, 0.5) is 0 Å². The van der Waals surface area contributed by atoms with E-state index in [2.05, 4.69) is 26.0 Å². The quantitative estimate of drug-likeness (QED) is 0.581. The normalized spacial score (nSPS) is 10.9. The van der Waals surface area contributed by atoms with Gasteiger partial charge in [-0.3, -0.25) is 9.59 Å². The number of rotatable bonds is 8. The van der Waals surface area contributed by atoms with Crippen LogP contribution in [-0.2, 0) is 4.79 Å². The molecule has 26 heavy (non-hydrogen) atoms. The second-order valence-electron chi connectivity index (χ2n) is 6.14. The summed E-state index contributed by atoms with van der Waals surface area (Å²) in [5.74, 6) is 0.489. The number of hydrogen-bond acceptors (Lipinski definition) is 4. The maximum atomic E-state index is 12.5. The van der Waals surface area contributed by atoms with Crippen LogP contribution in [0.2, 0.25) is 0 Å². The van der Waals surface area contributed by atoms with E-state index in [1.54, 1.807) is 24.3 Å². The molecule has 0 heterocycles. The maximum Gasteiger partial charge on any atom is 0.255 e. The number of amides is 1. The molecule has 0 saturated carbocycles. The lowest BCUT2D eigenvalue weighted by atomic mass is 10.0. The van der Waals surface area contributed by atoms with Gasteiger partial charge in [-0.2, -0.15) is 0 Å². The van der Waals surface area contributed by atoms with E-state index in [-0.39, 0.29) is 12.4 Å². The molecule has 0 aliphatic heterocycles. The van der Waals surface area contributed by atoms with Crippen molar-refractivity contribution in [2.45, 2.75) is 19.8 Å². The summed E-state index contributed by atoms with van der Waals surface area (Å²) in [6.07, 6.45) is 3.27. The number of allylic oxidation sites excluding steroid dienone is 1. The Balaban J connectivity index is 2.13. The molecule has 5 nitrogen and oxygen atoms in total. The second-order valence-corrected chi connectivity index (χ2v) is 6.14. The fourth-order valence-electron chi connectivity index (χ4n) is 2.37. The van der Waals surface area contributed by atoms with Crippen LogP contribution in [0.3, 0.4) is 0 Å². The van der Waals surface area contributed by atoms with Crippen molar-refractivity contribution in [1.29, 1.82) is 0 Å². The van der Waals surface area contributed by atoms with Gasteiger partial charge in [-0.25, -0.2) is 0 Å². The smallest absolute Gasteiger partial charge is 0.255 e. The van der Waals surface area contributed by atoms with Crippen molar-refractivity contribution in [2.24, 2.45) is 5.73 Å². The largest absolute Gasteiger partial charge is 0.496 e. The summed E-state index contributed by atoms with van der Waals surface area (Å²) in [4.78, 5) is 23.3. The highest BCUT2D eigenvalue weighted by Crippen LogP contribution is 2.25. The van der Waals surface area contributed by atoms with Gasteiger partial charge < -0.3 is 15.2 Å². The van der Waals surface area contributed by atoms with Gasteiger partial charge in [0.15, 0.2) is 12.4 Å². The molecule has 0 atom stereocenters. The number of carbonyl (C=O) groups excluding carboxylic acids is 2. The third-order valence-corrected chi connectivity index (χ3v) is 3.85. The van der Waals surface area contributed by atoms with Crippen molar-refractivity contribution in [1.82, 2.24) is 0 Å². The van der Waals surface area contributed by atoms with Gasteiger partial charge in [0, 0.05) is 6.07 Å². The van der Waals surface area contributed by atoms with Crippen LogP contribution in [0.1, 0.15) is 41.3 Å². The minimum absolute atomic E-state index is 0.184. The highest BCUT2D eigenvalue weighted by atomic mass is 16.5. The summed E-state index contributed by atoms with van der Waals surface area (Å²) >= 11 is 0. The zero-order valence-corrected chi connectivity index (χ0v) is 15.2. The van der Waals surface area contributed by atoms with Gasteiger partial charge in [-0.1, -0.05) is 44.2 Å². The topological polar surface area (TPSA) is 78.6 Å². The van der Waals surface area contributed by atoms with E-state index in [0.717, 1.165) is 5.56 Å². The summed E-state index contributed by atoms with van der Waals surface area (Å²) in [7, 11) is 1.47. The average Bonchev–Trinajstić information content (AvgIpc) is 2.64. The van der Waals surface area contributed by atoms with E-state index < -0.39 is 5.91 Å². The summed E-state index contributed by atoms with van der Waals surface area (Å²) in [6, 6.07) is 12.8. The number of ketones is 1. The van der Waals surface area contributed by atoms with Crippen LogP contribution in [0.15, 0.2) is 48.5 Å². The molecule has 0 aliphatic rings. The SMILES string of the molecule is COc1cc(OCC(N)=O)ccc1C(=O)/C=C/c1ccc(C(C)C)cc1. The lowest BCUT2D eigenvalue weighted by molar-refractivity contribution is -0.119. The van der Waals surface area contributed by atoms with Gasteiger partial charge in [0.2, 0.25) is 0 Å². The third kappa shape index (κ3) is 5.21. The molecule has 0 saturated heterocycles. The first-order chi connectivity index (χ1) is 12.4. The molecule has 0 bridgehead atoms. The molecule has 1 amide bonds.